The summed E-state index contributed by atoms with van der Waals surface area (Å²) < 4.78 is 5.10. The van der Waals surface area contributed by atoms with Gasteiger partial charge in [-0.25, -0.2) is 4.79 Å². The van der Waals surface area contributed by atoms with Gasteiger partial charge in [0.2, 0.25) is 0 Å². The molecule has 2 aromatic carbocycles. The van der Waals surface area contributed by atoms with Crippen molar-refractivity contribution >= 4 is 35.0 Å². The summed E-state index contributed by atoms with van der Waals surface area (Å²) in [5.41, 5.74) is 1.17. The first-order chi connectivity index (χ1) is 9.08. The van der Waals surface area contributed by atoms with E-state index in [1.54, 1.807) is 36.4 Å². The molecule has 0 radical (unpaired) electrons. The van der Waals surface area contributed by atoms with Crippen LogP contribution < -0.4 is 10.1 Å². The summed E-state index contributed by atoms with van der Waals surface area (Å²) in [6, 6.07) is 12.2. The number of hydrogen-bond acceptors (Lipinski definition) is 2. The van der Waals surface area contributed by atoms with Crippen LogP contribution in [0.15, 0.2) is 42.5 Å². The molecule has 0 saturated carbocycles. The van der Waals surface area contributed by atoms with Gasteiger partial charge in [0, 0.05) is 0 Å². The SMILES string of the molecule is Cc1ccc(Cl)c(NC(=O)Oc2ccccc2)c1Cl. The predicted molar refractivity (Wildman–Crippen MR) is 77.3 cm³/mol. The molecule has 0 aromatic heterocycles. The third-order valence-corrected chi connectivity index (χ3v) is 3.27. The number of para-hydroxylation sites is 1. The normalized spacial score (nSPS) is 10.1. The number of halogens is 2. The molecule has 0 unspecified atom stereocenters. The van der Waals surface area contributed by atoms with Crippen LogP contribution in [0.1, 0.15) is 5.56 Å². The summed E-state index contributed by atoms with van der Waals surface area (Å²) in [4.78, 5) is 11.7. The monoisotopic (exact) mass is 295 g/mol. The molecule has 0 spiro atoms. The number of benzene rings is 2. The molecule has 0 heterocycles. The van der Waals surface area contributed by atoms with Gasteiger partial charge in [-0.1, -0.05) is 47.5 Å². The lowest BCUT2D eigenvalue weighted by Gasteiger charge is -2.11. The highest BCUT2D eigenvalue weighted by Gasteiger charge is 2.12. The molecule has 98 valence electrons. The number of nitrogens with one attached hydrogen (secondary N) is 1. The summed E-state index contributed by atoms with van der Waals surface area (Å²) >= 11 is 12.1. The molecule has 2 rings (SSSR count). The topological polar surface area (TPSA) is 38.3 Å². The maximum absolute atomic E-state index is 11.7. The summed E-state index contributed by atoms with van der Waals surface area (Å²) in [7, 11) is 0. The number of carbonyl (C=O) groups excluding carboxylic acids is 1. The minimum atomic E-state index is -0.638. The van der Waals surface area contributed by atoms with E-state index in [0.29, 0.717) is 21.5 Å². The number of rotatable bonds is 2. The molecule has 0 fully saturated rings. The largest absolute Gasteiger partial charge is 0.417 e. The van der Waals surface area contributed by atoms with E-state index in [2.05, 4.69) is 5.32 Å². The van der Waals surface area contributed by atoms with E-state index in [1.807, 2.05) is 13.0 Å². The van der Waals surface area contributed by atoms with Crippen LogP contribution in [0.25, 0.3) is 0 Å². The van der Waals surface area contributed by atoms with Crippen molar-refractivity contribution in [1.29, 1.82) is 0 Å². The Bertz CT molecular complexity index is 600. The lowest BCUT2D eigenvalue weighted by Crippen LogP contribution is -2.17. The van der Waals surface area contributed by atoms with E-state index in [9.17, 15) is 4.79 Å². The highest BCUT2D eigenvalue weighted by molar-refractivity contribution is 6.40. The first kappa shape index (κ1) is 13.7. The molecular weight excluding hydrogens is 285 g/mol. The molecule has 1 amide bonds. The minimum absolute atomic E-state index is 0.351. The lowest BCUT2D eigenvalue weighted by molar-refractivity contribution is 0.215. The van der Waals surface area contributed by atoms with Gasteiger partial charge in [-0.05, 0) is 30.7 Å². The molecule has 2 aromatic rings. The van der Waals surface area contributed by atoms with Crippen molar-refractivity contribution in [2.75, 3.05) is 5.32 Å². The van der Waals surface area contributed by atoms with Crippen molar-refractivity contribution < 1.29 is 9.53 Å². The number of carbonyl (C=O) groups is 1. The van der Waals surface area contributed by atoms with E-state index in [4.69, 9.17) is 27.9 Å². The van der Waals surface area contributed by atoms with Crippen LogP contribution in [0, 0.1) is 6.92 Å². The number of anilines is 1. The Morgan fingerprint density at radius 2 is 1.79 bits per heavy atom. The maximum atomic E-state index is 11.7. The Labute approximate surface area is 121 Å². The van der Waals surface area contributed by atoms with Crippen LogP contribution >= 0.6 is 23.2 Å². The van der Waals surface area contributed by atoms with Gasteiger partial charge in [0.1, 0.15) is 5.75 Å². The van der Waals surface area contributed by atoms with Gasteiger partial charge >= 0.3 is 6.09 Å². The highest BCUT2D eigenvalue weighted by Crippen LogP contribution is 2.32. The molecule has 0 aliphatic carbocycles. The van der Waals surface area contributed by atoms with E-state index >= 15 is 0 Å². The molecule has 1 N–H and O–H groups in total. The Balaban J connectivity index is 2.14. The van der Waals surface area contributed by atoms with Crippen LogP contribution in [0.5, 0.6) is 5.75 Å². The van der Waals surface area contributed by atoms with E-state index in [1.165, 1.54) is 0 Å². The number of hydrogen-bond donors (Lipinski definition) is 1. The van der Waals surface area contributed by atoms with Gasteiger partial charge in [0.05, 0.1) is 15.7 Å². The molecule has 5 heteroatoms. The Hall–Kier alpha value is -1.71. The summed E-state index contributed by atoms with van der Waals surface area (Å²) in [5, 5.41) is 3.30. The number of aryl methyl sites for hydroxylation is 1. The fraction of sp³-hybridized carbons (Fsp3) is 0.0714. The first-order valence-electron chi connectivity index (χ1n) is 5.56. The third-order valence-electron chi connectivity index (χ3n) is 2.47. The van der Waals surface area contributed by atoms with Gasteiger partial charge in [0.25, 0.3) is 0 Å². The average Bonchev–Trinajstić information content (AvgIpc) is 2.40. The van der Waals surface area contributed by atoms with Crippen molar-refractivity contribution in [2.45, 2.75) is 6.92 Å². The maximum Gasteiger partial charge on any atom is 0.417 e. The summed E-state index contributed by atoms with van der Waals surface area (Å²) in [6.45, 7) is 1.83. The minimum Gasteiger partial charge on any atom is -0.410 e. The van der Waals surface area contributed by atoms with Crippen molar-refractivity contribution in [2.24, 2.45) is 0 Å². The Morgan fingerprint density at radius 3 is 2.47 bits per heavy atom. The van der Waals surface area contributed by atoms with Gasteiger partial charge in [-0.2, -0.15) is 0 Å². The van der Waals surface area contributed by atoms with Crippen LogP contribution in [0.4, 0.5) is 10.5 Å². The second-order valence-electron chi connectivity index (χ2n) is 3.88. The number of ether oxygens (including phenoxy) is 1. The van der Waals surface area contributed by atoms with Crippen molar-refractivity contribution in [1.82, 2.24) is 0 Å². The zero-order valence-electron chi connectivity index (χ0n) is 10.1. The van der Waals surface area contributed by atoms with Gasteiger partial charge in [-0.3, -0.25) is 5.32 Å². The Morgan fingerprint density at radius 1 is 1.11 bits per heavy atom. The molecule has 0 atom stereocenters. The van der Waals surface area contributed by atoms with Gasteiger partial charge in [-0.15, -0.1) is 0 Å². The van der Waals surface area contributed by atoms with Crippen molar-refractivity contribution in [3.63, 3.8) is 0 Å². The highest BCUT2D eigenvalue weighted by atomic mass is 35.5. The summed E-state index contributed by atoms with van der Waals surface area (Å²) in [5.74, 6) is 0.444. The molecule has 19 heavy (non-hydrogen) atoms. The van der Waals surface area contributed by atoms with Crippen LogP contribution in [0.3, 0.4) is 0 Å². The van der Waals surface area contributed by atoms with Gasteiger partial charge < -0.3 is 4.74 Å². The van der Waals surface area contributed by atoms with Crippen molar-refractivity contribution in [3.05, 3.63) is 58.1 Å². The lowest BCUT2D eigenvalue weighted by atomic mass is 10.2. The van der Waals surface area contributed by atoms with Crippen molar-refractivity contribution in [3.8, 4) is 5.75 Å². The van der Waals surface area contributed by atoms with Gasteiger partial charge in [0.15, 0.2) is 0 Å². The van der Waals surface area contributed by atoms with E-state index in [-0.39, 0.29) is 0 Å². The quantitative estimate of drug-likeness (QED) is 0.854. The molecule has 0 aliphatic rings. The second-order valence-corrected chi connectivity index (χ2v) is 4.67. The summed E-state index contributed by atoms with van der Waals surface area (Å²) in [6.07, 6.45) is -0.638. The van der Waals surface area contributed by atoms with E-state index < -0.39 is 6.09 Å². The zero-order chi connectivity index (χ0) is 13.8. The fourth-order valence-corrected chi connectivity index (χ4v) is 1.96. The number of amides is 1. The average molecular weight is 296 g/mol. The molecule has 0 saturated heterocycles. The Kier molecular flexibility index (Phi) is 4.30. The fourth-order valence-electron chi connectivity index (χ4n) is 1.49. The zero-order valence-corrected chi connectivity index (χ0v) is 11.6. The van der Waals surface area contributed by atoms with Crippen LogP contribution in [-0.2, 0) is 0 Å². The predicted octanol–water partition coefficient (Wildman–Crippen LogP) is 4.91. The smallest absolute Gasteiger partial charge is 0.410 e. The van der Waals surface area contributed by atoms with E-state index in [0.717, 1.165) is 5.56 Å². The molecule has 0 bridgehead atoms. The third kappa shape index (κ3) is 3.40. The van der Waals surface area contributed by atoms with Crippen LogP contribution in [0.2, 0.25) is 10.0 Å². The second kappa shape index (κ2) is 5.95. The van der Waals surface area contributed by atoms with Crippen LogP contribution in [-0.4, -0.2) is 6.09 Å². The standard InChI is InChI=1S/C14H11Cl2NO2/c1-9-7-8-11(15)13(12(9)16)17-14(18)19-10-5-3-2-4-6-10/h2-8H,1H3,(H,17,18). The molecule has 3 nitrogen and oxygen atoms in total. The first-order valence-corrected chi connectivity index (χ1v) is 6.32. The molecule has 0 aliphatic heterocycles. The molecular formula is C14H11Cl2NO2.